The summed E-state index contributed by atoms with van der Waals surface area (Å²) in [5.74, 6) is 0.817. The Balaban J connectivity index is 1.71. The maximum absolute atomic E-state index is 11.4. The van der Waals surface area contributed by atoms with Gasteiger partial charge in [-0.05, 0) is 62.1 Å². The molecule has 0 bridgehead atoms. The van der Waals surface area contributed by atoms with Crippen molar-refractivity contribution in [2.45, 2.75) is 69.9 Å². The van der Waals surface area contributed by atoms with E-state index in [2.05, 4.69) is 11.0 Å². The fourth-order valence-corrected chi connectivity index (χ4v) is 5.48. The Bertz CT molecular complexity index is 563. The molecule has 23 heavy (non-hydrogen) atoms. The maximum Gasteiger partial charge on any atom is 0.335 e. The molecule has 124 valence electrons. The Labute approximate surface area is 138 Å². The lowest BCUT2D eigenvalue weighted by Crippen LogP contribution is -2.57. The SMILES string of the molecule is O=C(O)c1cccc(N2C3CCCCC3CC3CCCCC32)c1. The van der Waals surface area contributed by atoms with Crippen molar-refractivity contribution in [1.82, 2.24) is 0 Å². The lowest BCUT2D eigenvalue weighted by molar-refractivity contribution is 0.0696. The van der Waals surface area contributed by atoms with Crippen LogP contribution in [0.4, 0.5) is 5.69 Å². The Morgan fingerprint density at radius 2 is 1.57 bits per heavy atom. The average molecular weight is 313 g/mol. The van der Waals surface area contributed by atoms with Crippen LogP contribution in [0.5, 0.6) is 0 Å². The van der Waals surface area contributed by atoms with Crippen LogP contribution in [0.1, 0.15) is 68.1 Å². The number of nitrogens with zero attached hydrogens (tertiary/aromatic N) is 1. The number of piperidine rings is 1. The zero-order chi connectivity index (χ0) is 15.8. The summed E-state index contributed by atoms with van der Waals surface area (Å²) in [6.45, 7) is 0. The van der Waals surface area contributed by atoms with E-state index in [1.165, 1.54) is 57.8 Å². The molecule has 1 N–H and O–H groups in total. The highest BCUT2D eigenvalue weighted by atomic mass is 16.4. The zero-order valence-electron chi connectivity index (χ0n) is 13.8. The van der Waals surface area contributed by atoms with Gasteiger partial charge in [-0.25, -0.2) is 4.79 Å². The molecule has 1 aliphatic heterocycles. The molecule has 0 spiro atoms. The number of hydrogen-bond acceptors (Lipinski definition) is 2. The van der Waals surface area contributed by atoms with Gasteiger partial charge in [0.05, 0.1) is 5.56 Å². The molecular weight excluding hydrogens is 286 g/mol. The molecule has 0 radical (unpaired) electrons. The molecule has 3 heteroatoms. The van der Waals surface area contributed by atoms with E-state index < -0.39 is 5.97 Å². The number of carbonyl (C=O) groups is 1. The number of carboxylic acid groups (broad SMARTS) is 1. The van der Waals surface area contributed by atoms with Gasteiger partial charge >= 0.3 is 5.97 Å². The first kappa shape index (κ1) is 15.0. The first-order valence-electron chi connectivity index (χ1n) is 9.36. The maximum atomic E-state index is 11.4. The lowest BCUT2D eigenvalue weighted by Gasteiger charge is -2.55. The van der Waals surface area contributed by atoms with Crippen LogP contribution in [-0.2, 0) is 0 Å². The number of aromatic carboxylic acids is 1. The third kappa shape index (κ3) is 2.75. The second kappa shape index (κ2) is 6.18. The van der Waals surface area contributed by atoms with E-state index in [1.54, 1.807) is 6.07 Å². The lowest BCUT2D eigenvalue weighted by atomic mass is 9.68. The van der Waals surface area contributed by atoms with E-state index in [0.29, 0.717) is 17.6 Å². The summed E-state index contributed by atoms with van der Waals surface area (Å²) >= 11 is 0. The molecule has 1 aromatic rings. The monoisotopic (exact) mass is 313 g/mol. The molecule has 1 aromatic carbocycles. The molecule has 3 aliphatic rings. The molecule has 1 saturated heterocycles. The van der Waals surface area contributed by atoms with Crippen LogP contribution in [0.15, 0.2) is 24.3 Å². The summed E-state index contributed by atoms with van der Waals surface area (Å²) in [5, 5.41) is 9.35. The number of carboxylic acids is 1. The van der Waals surface area contributed by atoms with Crippen molar-refractivity contribution in [2.75, 3.05) is 4.90 Å². The summed E-state index contributed by atoms with van der Waals surface area (Å²) in [5.41, 5.74) is 1.58. The highest BCUT2D eigenvalue weighted by Crippen LogP contribution is 2.47. The van der Waals surface area contributed by atoms with Crippen molar-refractivity contribution < 1.29 is 9.90 Å². The third-order valence-corrected chi connectivity index (χ3v) is 6.45. The Kier molecular flexibility index (Phi) is 4.04. The minimum atomic E-state index is -0.816. The number of rotatable bonds is 2. The predicted octanol–water partition coefficient (Wildman–Crippen LogP) is 4.71. The van der Waals surface area contributed by atoms with Crippen LogP contribution in [-0.4, -0.2) is 23.2 Å². The quantitative estimate of drug-likeness (QED) is 0.859. The molecule has 2 aliphatic carbocycles. The first-order chi connectivity index (χ1) is 11.2. The van der Waals surface area contributed by atoms with Gasteiger partial charge in [0.25, 0.3) is 0 Å². The number of benzene rings is 1. The van der Waals surface area contributed by atoms with E-state index in [4.69, 9.17) is 0 Å². The van der Waals surface area contributed by atoms with E-state index in [-0.39, 0.29) is 0 Å². The highest BCUT2D eigenvalue weighted by Gasteiger charge is 2.44. The minimum absolute atomic E-state index is 0.424. The van der Waals surface area contributed by atoms with Gasteiger partial charge in [-0.15, -0.1) is 0 Å². The van der Waals surface area contributed by atoms with Gasteiger partial charge in [-0.2, -0.15) is 0 Å². The van der Waals surface area contributed by atoms with Gasteiger partial charge in [0, 0.05) is 17.8 Å². The average Bonchev–Trinajstić information content (AvgIpc) is 2.59. The van der Waals surface area contributed by atoms with E-state index in [0.717, 1.165) is 17.5 Å². The van der Waals surface area contributed by atoms with Crippen molar-refractivity contribution in [2.24, 2.45) is 11.8 Å². The molecule has 3 nitrogen and oxygen atoms in total. The van der Waals surface area contributed by atoms with Gasteiger partial charge in [0.1, 0.15) is 0 Å². The normalized spacial score (nSPS) is 33.7. The van der Waals surface area contributed by atoms with Crippen molar-refractivity contribution in [1.29, 1.82) is 0 Å². The van der Waals surface area contributed by atoms with Crippen molar-refractivity contribution >= 4 is 11.7 Å². The third-order valence-electron chi connectivity index (χ3n) is 6.45. The summed E-state index contributed by atoms with van der Waals surface area (Å²) in [6.07, 6.45) is 12.1. The predicted molar refractivity (Wildman–Crippen MR) is 92.0 cm³/mol. The van der Waals surface area contributed by atoms with Gasteiger partial charge in [-0.1, -0.05) is 31.7 Å². The summed E-state index contributed by atoms with van der Waals surface area (Å²) < 4.78 is 0. The zero-order valence-corrected chi connectivity index (χ0v) is 13.8. The summed E-state index contributed by atoms with van der Waals surface area (Å²) in [7, 11) is 0. The van der Waals surface area contributed by atoms with E-state index in [9.17, 15) is 9.90 Å². The Morgan fingerprint density at radius 3 is 2.17 bits per heavy atom. The molecule has 0 aromatic heterocycles. The molecule has 1 heterocycles. The molecule has 4 atom stereocenters. The van der Waals surface area contributed by atoms with Gasteiger partial charge < -0.3 is 10.0 Å². The number of anilines is 1. The fraction of sp³-hybridized carbons (Fsp3) is 0.650. The second-order valence-corrected chi connectivity index (χ2v) is 7.72. The molecule has 0 amide bonds. The molecule has 3 fully saturated rings. The minimum Gasteiger partial charge on any atom is -0.478 e. The molecule has 2 saturated carbocycles. The molecular formula is C20H27NO2. The summed E-state index contributed by atoms with van der Waals surface area (Å²) in [4.78, 5) is 14.0. The van der Waals surface area contributed by atoms with Gasteiger partial charge in [0.2, 0.25) is 0 Å². The molecule has 4 rings (SSSR count). The summed E-state index contributed by atoms with van der Waals surface area (Å²) in [6, 6.07) is 8.94. The van der Waals surface area contributed by atoms with Crippen LogP contribution in [0, 0.1) is 11.8 Å². The van der Waals surface area contributed by atoms with Crippen LogP contribution >= 0.6 is 0 Å². The van der Waals surface area contributed by atoms with Crippen LogP contribution < -0.4 is 4.90 Å². The number of fused-ring (bicyclic) bond motifs is 2. The fourth-order valence-electron chi connectivity index (χ4n) is 5.48. The van der Waals surface area contributed by atoms with Crippen LogP contribution in [0.25, 0.3) is 0 Å². The largest absolute Gasteiger partial charge is 0.478 e. The van der Waals surface area contributed by atoms with Crippen molar-refractivity contribution in [3.63, 3.8) is 0 Å². The highest BCUT2D eigenvalue weighted by molar-refractivity contribution is 5.88. The van der Waals surface area contributed by atoms with Crippen molar-refractivity contribution in [3.8, 4) is 0 Å². The molecule has 4 unspecified atom stereocenters. The van der Waals surface area contributed by atoms with E-state index in [1.807, 2.05) is 12.1 Å². The standard InChI is InChI=1S/C20H27NO2/c22-20(23)16-8-5-9-17(13-16)21-18-10-3-1-6-14(18)12-15-7-2-4-11-19(15)21/h5,8-9,13-15,18-19H,1-4,6-7,10-12H2,(H,22,23). The van der Waals surface area contributed by atoms with Crippen molar-refractivity contribution in [3.05, 3.63) is 29.8 Å². The van der Waals surface area contributed by atoms with Gasteiger partial charge in [-0.3, -0.25) is 0 Å². The first-order valence-corrected chi connectivity index (χ1v) is 9.36. The van der Waals surface area contributed by atoms with Crippen LogP contribution in [0.2, 0.25) is 0 Å². The second-order valence-electron chi connectivity index (χ2n) is 7.72. The topological polar surface area (TPSA) is 40.5 Å². The van der Waals surface area contributed by atoms with E-state index >= 15 is 0 Å². The van der Waals surface area contributed by atoms with Gasteiger partial charge in [0.15, 0.2) is 0 Å². The van der Waals surface area contributed by atoms with Crippen LogP contribution in [0.3, 0.4) is 0 Å². The number of hydrogen-bond donors (Lipinski definition) is 1. The Hall–Kier alpha value is -1.51. The smallest absolute Gasteiger partial charge is 0.335 e. The Morgan fingerprint density at radius 1 is 0.957 bits per heavy atom.